The maximum atomic E-state index is 12.4. The van der Waals surface area contributed by atoms with Gasteiger partial charge in [0.1, 0.15) is 11.5 Å². The molecule has 0 aliphatic heterocycles. The van der Waals surface area contributed by atoms with Crippen LogP contribution in [0.15, 0.2) is 77.3 Å². The molecule has 4 aromatic rings. The molecule has 4 rings (SSSR count). The van der Waals surface area contributed by atoms with Crippen LogP contribution < -0.4 is 9.47 Å². The third-order valence-corrected chi connectivity index (χ3v) is 5.42. The number of ether oxygens (including phenoxy) is 3. The third-order valence-electron chi connectivity index (χ3n) is 4.90. The van der Waals surface area contributed by atoms with E-state index >= 15 is 0 Å². The highest BCUT2D eigenvalue weighted by Crippen LogP contribution is 2.29. The van der Waals surface area contributed by atoms with Gasteiger partial charge < -0.3 is 14.2 Å². The Morgan fingerprint density at radius 2 is 1.52 bits per heavy atom. The van der Waals surface area contributed by atoms with E-state index in [0.717, 1.165) is 26.9 Å². The van der Waals surface area contributed by atoms with E-state index in [0.29, 0.717) is 12.3 Å². The highest BCUT2D eigenvalue weighted by Gasteiger charge is 2.23. The summed E-state index contributed by atoms with van der Waals surface area (Å²) < 4.78 is 19.0. The van der Waals surface area contributed by atoms with E-state index < -0.39 is 5.97 Å². The monoisotopic (exact) mass is 507 g/mol. The van der Waals surface area contributed by atoms with Crippen LogP contribution in [0.2, 0.25) is 0 Å². The lowest BCUT2D eigenvalue weighted by molar-refractivity contribution is 0.0516. The molecule has 0 unspecified atom stereocenters. The van der Waals surface area contributed by atoms with E-state index in [1.165, 1.54) is 4.68 Å². The van der Waals surface area contributed by atoms with Crippen molar-refractivity contribution in [3.8, 4) is 28.5 Å². The van der Waals surface area contributed by atoms with Gasteiger partial charge >= 0.3 is 5.97 Å². The number of nitrogens with zero attached hydrogens (tertiary/aromatic N) is 3. The van der Waals surface area contributed by atoms with E-state index in [1.54, 1.807) is 14.0 Å². The summed E-state index contributed by atoms with van der Waals surface area (Å²) in [6.45, 7) is 2.33. The van der Waals surface area contributed by atoms with Crippen molar-refractivity contribution in [1.82, 2.24) is 15.0 Å². The molecule has 0 fully saturated rings. The fraction of sp³-hybridized carbons (Fsp3) is 0.160. The minimum atomic E-state index is -0.583. The number of carbonyl (C=O) groups excluding carboxylic acids is 1. The van der Waals surface area contributed by atoms with E-state index in [1.807, 2.05) is 72.8 Å². The highest BCUT2D eigenvalue weighted by molar-refractivity contribution is 9.10. The summed E-state index contributed by atoms with van der Waals surface area (Å²) >= 11 is 3.45. The summed E-state index contributed by atoms with van der Waals surface area (Å²) in [5.74, 6) is 0.951. The van der Waals surface area contributed by atoms with Crippen LogP contribution >= 0.6 is 15.9 Å². The van der Waals surface area contributed by atoms with Crippen LogP contribution in [0.3, 0.4) is 0 Å². The van der Waals surface area contributed by atoms with Gasteiger partial charge in [0.05, 0.1) is 20.3 Å². The van der Waals surface area contributed by atoms with Gasteiger partial charge in [-0.05, 0) is 60.0 Å². The molecule has 7 nitrogen and oxygen atoms in total. The predicted octanol–water partition coefficient (Wildman–Crippen LogP) is 5.73. The molecule has 8 heteroatoms. The Labute approximate surface area is 200 Å². The van der Waals surface area contributed by atoms with Crippen LogP contribution in [-0.2, 0) is 11.3 Å². The van der Waals surface area contributed by atoms with Gasteiger partial charge in [-0.2, -0.15) is 0 Å². The van der Waals surface area contributed by atoms with Crippen molar-refractivity contribution < 1.29 is 19.0 Å². The van der Waals surface area contributed by atoms with Gasteiger partial charge in [0.15, 0.2) is 0 Å². The fourth-order valence-electron chi connectivity index (χ4n) is 3.21. The number of hydrogen-bond acceptors (Lipinski definition) is 6. The molecule has 1 heterocycles. The van der Waals surface area contributed by atoms with Crippen LogP contribution in [0, 0.1) is 0 Å². The molecule has 0 aliphatic carbocycles. The molecule has 0 amide bonds. The molecule has 0 aliphatic rings. The Bertz CT molecular complexity index is 1220. The Morgan fingerprint density at radius 3 is 2.12 bits per heavy atom. The zero-order chi connectivity index (χ0) is 23.2. The summed E-state index contributed by atoms with van der Waals surface area (Å²) in [7, 11) is 1.62. The fourth-order valence-corrected chi connectivity index (χ4v) is 3.47. The summed E-state index contributed by atoms with van der Waals surface area (Å²) in [5.41, 5.74) is 3.11. The third kappa shape index (κ3) is 5.40. The Balaban J connectivity index is 1.60. The zero-order valence-electron chi connectivity index (χ0n) is 18.2. The van der Waals surface area contributed by atoms with Crippen molar-refractivity contribution in [1.29, 1.82) is 0 Å². The average molecular weight is 508 g/mol. The number of methoxy groups -OCH3 is 1. The second kappa shape index (κ2) is 10.3. The quantitative estimate of drug-likeness (QED) is 0.283. The van der Waals surface area contributed by atoms with Crippen molar-refractivity contribution in [2.75, 3.05) is 13.7 Å². The van der Waals surface area contributed by atoms with Crippen molar-refractivity contribution in [2.45, 2.75) is 13.5 Å². The van der Waals surface area contributed by atoms with E-state index in [9.17, 15) is 4.79 Å². The lowest BCUT2D eigenvalue weighted by atomic mass is 10.1. The van der Waals surface area contributed by atoms with Crippen LogP contribution in [-0.4, -0.2) is 34.7 Å². The van der Waals surface area contributed by atoms with Crippen LogP contribution in [0.25, 0.3) is 11.1 Å². The first-order valence-corrected chi connectivity index (χ1v) is 11.1. The number of benzene rings is 3. The van der Waals surface area contributed by atoms with Crippen LogP contribution in [0.5, 0.6) is 17.4 Å². The van der Waals surface area contributed by atoms with Gasteiger partial charge in [0.2, 0.25) is 5.69 Å². The molecule has 0 saturated heterocycles. The van der Waals surface area contributed by atoms with Crippen molar-refractivity contribution in [2.24, 2.45) is 0 Å². The Kier molecular flexibility index (Phi) is 7.04. The SMILES string of the molecule is CCOC(=O)c1nnn(Cc2ccc(OC)cc2)c1Oc1ccc(-c2ccc(Br)cc2)cc1. The molecule has 0 bridgehead atoms. The van der Waals surface area contributed by atoms with Gasteiger partial charge in [-0.25, -0.2) is 9.48 Å². The Hall–Kier alpha value is -3.65. The van der Waals surface area contributed by atoms with Gasteiger partial charge in [-0.3, -0.25) is 0 Å². The normalized spacial score (nSPS) is 10.6. The summed E-state index contributed by atoms with van der Waals surface area (Å²) in [5, 5.41) is 8.15. The largest absolute Gasteiger partial charge is 0.497 e. The Morgan fingerprint density at radius 1 is 0.909 bits per heavy atom. The molecular weight excluding hydrogens is 486 g/mol. The lowest BCUT2D eigenvalue weighted by Crippen LogP contribution is -2.09. The number of hydrogen-bond donors (Lipinski definition) is 0. The number of aromatic nitrogens is 3. The summed E-state index contributed by atoms with van der Waals surface area (Å²) in [6.07, 6.45) is 0. The molecule has 33 heavy (non-hydrogen) atoms. The van der Waals surface area contributed by atoms with Crippen molar-refractivity contribution in [3.63, 3.8) is 0 Å². The smallest absolute Gasteiger partial charge is 0.364 e. The standard InChI is InChI=1S/C25H22BrN3O4/c1-3-32-25(30)23-24(29(28-27-23)16-17-4-12-21(31-2)13-5-17)33-22-14-8-19(9-15-22)18-6-10-20(26)11-7-18/h4-15H,3,16H2,1-2H3. The summed E-state index contributed by atoms with van der Waals surface area (Å²) in [4.78, 5) is 12.4. The molecule has 168 valence electrons. The second-order valence-corrected chi connectivity index (χ2v) is 8.02. The predicted molar refractivity (Wildman–Crippen MR) is 128 cm³/mol. The van der Waals surface area contributed by atoms with Gasteiger partial charge in [-0.15, -0.1) is 5.10 Å². The number of esters is 1. The molecule has 0 atom stereocenters. The zero-order valence-corrected chi connectivity index (χ0v) is 19.8. The molecule has 0 radical (unpaired) electrons. The molecule has 3 aromatic carbocycles. The molecular formula is C25H22BrN3O4. The molecule has 1 aromatic heterocycles. The maximum absolute atomic E-state index is 12.4. The summed E-state index contributed by atoms with van der Waals surface area (Å²) in [6, 6.07) is 23.2. The van der Waals surface area contributed by atoms with Gasteiger partial charge in [0.25, 0.3) is 5.88 Å². The minimum absolute atomic E-state index is 0.0300. The number of carbonyl (C=O) groups is 1. The van der Waals surface area contributed by atoms with Gasteiger partial charge in [0, 0.05) is 4.47 Å². The average Bonchev–Trinajstić information content (AvgIpc) is 3.23. The van der Waals surface area contributed by atoms with Gasteiger partial charge in [-0.1, -0.05) is 57.5 Å². The topological polar surface area (TPSA) is 75.5 Å². The second-order valence-electron chi connectivity index (χ2n) is 7.10. The van der Waals surface area contributed by atoms with Crippen molar-refractivity contribution >= 4 is 21.9 Å². The number of halogens is 1. The number of rotatable bonds is 8. The molecule has 0 saturated carbocycles. The van der Waals surface area contributed by atoms with Crippen molar-refractivity contribution in [3.05, 3.63) is 88.5 Å². The first-order chi connectivity index (χ1) is 16.1. The minimum Gasteiger partial charge on any atom is -0.497 e. The molecule has 0 spiro atoms. The lowest BCUT2D eigenvalue weighted by Gasteiger charge is -2.11. The van der Waals surface area contributed by atoms with E-state index in [2.05, 4.69) is 26.2 Å². The first kappa shape index (κ1) is 22.5. The highest BCUT2D eigenvalue weighted by atomic mass is 79.9. The first-order valence-electron chi connectivity index (χ1n) is 10.3. The maximum Gasteiger partial charge on any atom is 0.364 e. The van der Waals surface area contributed by atoms with Crippen LogP contribution in [0.1, 0.15) is 23.0 Å². The van der Waals surface area contributed by atoms with E-state index in [-0.39, 0.29) is 18.2 Å². The van der Waals surface area contributed by atoms with E-state index in [4.69, 9.17) is 14.2 Å². The van der Waals surface area contributed by atoms with Crippen LogP contribution in [0.4, 0.5) is 0 Å². The molecule has 0 N–H and O–H groups in total.